The van der Waals surface area contributed by atoms with E-state index in [2.05, 4.69) is 67.0 Å². The summed E-state index contributed by atoms with van der Waals surface area (Å²) in [5, 5.41) is 3.42. The highest BCUT2D eigenvalue weighted by Crippen LogP contribution is 2.12. The summed E-state index contributed by atoms with van der Waals surface area (Å²) in [6.45, 7) is 11.5. The van der Waals surface area contributed by atoms with Gasteiger partial charge in [0.2, 0.25) is 0 Å². The van der Waals surface area contributed by atoms with E-state index < -0.39 is 0 Å². The fourth-order valence-corrected chi connectivity index (χ4v) is 2.24. The van der Waals surface area contributed by atoms with Gasteiger partial charge in [-0.1, -0.05) is 37.6 Å². The SMILES string of the molecule is Cc1ccc(C)c(Cn2cnc(CNCC(C)C)c2)c1. The van der Waals surface area contributed by atoms with E-state index in [1.807, 2.05) is 6.33 Å². The molecule has 0 bridgehead atoms. The minimum Gasteiger partial charge on any atom is -0.333 e. The summed E-state index contributed by atoms with van der Waals surface area (Å²) in [5.74, 6) is 0.673. The van der Waals surface area contributed by atoms with Crippen molar-refractivity contribution in [2.75, 3.05) is 6.54 Å². The van der Waals surface area contributed by atoms with E-state index in [1.54, 1.807) is 0 Å². The van der Waals surface area contributed by atoms with Crippen LogP contribution in [0.15, 0.2) is 30.7 Å². The van der Waals surface area contributed by atoms with Crippen LogP contribution in [0.3, 0.4) is 0 Å². The van der Waals surface area contributed by atoms with Crippen LogP contribution in [0.1, 0.15) is 36.2 Å². The van der Waals surface area contributed by atoms with E-state index in [0.29, 0.717) is 5.92 Å². The van der Waals surface area contributed by atoms with Crippen LogP contribution >= 0.6 is 0 Å². The number of hydrogen-bond donors (Lipinski definition) is 1. The standard InChI is InChI=1S/C17H25N3/c1-13(2)8-18-9-17-11-20(12-19-17)10-16-7-14(3)5-6-15(16)4/h5-7,11-13,18H,8-10H2,1-4H3. The third-order valence-corrected chi connectivity index (χ3v) is 3.40. The number of benzene rings is 1. The molecule has 0 aliphatic carbocycles. The van der Waals surface area contributed by atoms with Crippen LogP contribution in [-0.4, -0.2) is 16.1 Å². The average Bonchev–Trinajstić information content (AvgIpc) is 2.81. The minimum absolute atomic E-state index is 0.673. The second-order valence-electron chi connectivity index (χ2n) is 5.99. The van der Waals surface area contributed by atoms with Crippen LogP contribution in [-0.2, 0) is 13.1 Å². The van der Waals surface area contributed by atoms with Gasteiger partial charge in [-0.3, -0.25) is 0 Å². The molecular weight excluding hydrogens is 246 g/mol. The second kappa shape index (κ2) is 6.71. The molecule has 2 aromatic rings. The molecule has 3 heteroatoms. The fraction of sp³-hybridized carbons (Fsp3) is 0.471. The third kappa shape index (κ3) is 4.20. The van der Waals surface area contributed by atoms with Gasteiger partial charge in [0.25, 0.3) is 0 Å². The number of imidazole rings is 1. The zero-order valence-electron chi connectivity index (χ0n) is 13.0. The number of rotatable bonds is 6. The average molecular weight is 271 g/mol. The maximum absolute atomic E-state index is 4.46. The number of nitrogens with one attached hydrogen (secondary N) is 1. The van der Waals surface area contributed by atoms with Crippen molar-refractivity contribution in [2.24, 2.45) is 5.92 Å². The Kier molecular flexibility index (Phi) is 4.96. The van der Waals surface area contributed by atoms with Crippen molar-refractivity contribution in [3.8, 4) is 0 Å². The van der Waals surface area contributed by atoms with Crippen LogP contribution in [0.5, 0.6) is 0 Å². The molecular formula is C17H25N3. The molecule has 1 aromatic heterocycles. The molecule has 20 heavy (non-hydrogen) atoms. The molecule has 0 atom stereocenters. The predicted octanol–water partition coefficient (Wildman–Crippen LogP) is 3.29. The number of aryl methyl sites for hydroxylation is 2. The summed E-state index contributed by atoms with van der Waals surface area (Å²) in [5.41, 5.74) is 5.12. The van der Waals surface area contributed by atoms with Crippen molar-refractivity contribution in [3.05, 3.63) is 53.1 Å². The first-order chi connectivity index (χ1) is 9.54. The van der Waals surface area contributed by atoms with Crippen molar-refractivity contribution in [3.63, 3.8) is 0 Å². The zero-order valence-corrected chi connectivity index (χ0v) is 13.0. The van der Waals surface area contributed by atoms with E-state index >= 15 is 0 Å². The molecule has 1 N–H and O–H groups in total. The van der Waals surface area contributed by atoms with Gasteiger partial charge in [-0.25, -0.2) is 4.98 Å². The van der Waals surface area contributed by atoms with Crippen LogP contribution in [0, 0.1) is 19.8 Å². The Bertz CT molecular complexity index is 555. The predicted molar refractivity (Wildman–Crippen MR) is 83.8 cm³/mol. The largest absolute Gasteiger partial charge is 0.333 e. The summed E-state index contributed by atoms with van der Waals surface area (Å²) in [7, 11) is 0. The van der Waals surface area contributed by atoms with Crippen molar-refractivity contribution in [1.82, 2.24) is 14.9 Å². The molecule has 0 radical (unpaired) electrons. The van der Waals surface area contributed by atoms with Crippen LogP contribution < -0.4 is 5.32 Å². The van der Waals surface area contributed by atoms with Gasteiger partial charge in [0.1, 0.15) is 0 Å². The summed E-state index contributed by atoms with van der Waals surface area (Å²) in [6, 6.07) is 6.60. The molecule has 0 aliphatic heterocycles. The lowest BCUT2D eigenvalue weighted by Crippen LogP contribution is -2.19. The zero-order chi connectivity index (χ0) is 14.5. The lowest BCUT2D eigenvalue weighted by atomic mass is 10.1. The summed E-state index contributed by atoms with van der Waals surface area (Å²) >= 11 is 0. The second-order valence-corrected chi connectivity index (χ2v) is 5.99. The van der Waals surface area contributed by atoms with E-state index in [4.69, 9.17) is 0 Å². The Balaban J connectivity index is 1.97. The van der Waals surface area contributed by atoms with Crippen LogP contribution in [0.2, 0.25) is 0 Å². The molecule has 108 valence electrons. The summed E-state index contributed by atoms with van der Waals surface area (Å²) in [4.78, 5) is 4.46. The van der Waals surface area contributed by atoms with Gasteiger partial charge in [-0.05, 0) is 37.4 Å². The topological polar surface area (TPSA) is 29.9 Å². The van der Waals surface area contributed by atoms with Gasteiger partial charge in [-0.15, -0.1) is 0 Å². The summed E-state index contributed by atoms with van der Waals surface area (Å²) in [6.07, 6.45) is 4.06. The molecule has 1 aromatic carbocycles. The Morgan fingerprint density at radius 1 is 1.25 bits per heavy atom. The maximum Gasteiger partial charge on any atom is 0.0953 e. The van der Waals surface area contributed by atoms with Gasteiger partial charge < -0.3 is 9.88 Å². The van der Waals surface area contributed by atoms with Gasteiger partial charge >= 0.3 is 0 Å². The Morgan fingerprint density at radius 3 is 2.80 bits per heavy atom. The Labute approximate surface area is 122 Å². The van der Waals surface area contributed by atoms with Gasteiger partial charge in [-0.2, -0.15) is 0 Å². The number of aromatic nitrogens is 2. The first-order valence-electron chi connectivity index (χ1n) is 7.32. The van der Waals surface area contributed by atoms with Gasteiger partial charge in [0.05, 0.1) is 12.0 Å². The fourth-order valence-electron chi connectivity index (χ4n) is 2.24. The van der Waals surface area contributed by atoms with E-state index in [-0.39, 0.29) is 0 Å². The van der Waals surface area contributed by atoms with Crippen LogP contribution in [0.25, 0.3) is 0 Å². The third-order valence-electron chi connectivity index (χ3n) is 3.40. The highest BCUT2D eigenvalue weighted by atomic mass is 15.0. The number of hydrogen-bond acceptors (Lipinski definition) is 2. The molecule has 0 aliphatic rings. The minimum atomic E-state index is 0.673. The maximum atomic E-state index is 4.46. The van der Waals surface area contributed by atoms with Gasteiger partial charge in [0, 0.05) is 19.3 Å². The normalized spacial score (nSPS) is 11.2. The lowest BCUT2D eigenvalue weighted by molar-refractivity contribution is 0.548. The highest BCUT2D eigenvalue weighted by molar-refractivity contribution is 5.30. The quantitative estimate of drug-likeness (QED) is 0.873. The van der Waals surface area contributed by atoms with Crippen molar-refractivity contribution in [2.45, 2.75) is 40.8 Å². The van der Waals surface area contributed by atoms with Gasteiger partial charge in [0.15, 0.2) is 0 Å². The monoisotopic (exact) mass is 271 g/mol. The molecule has 0 unspecified atom stereocenters. The van der Waals surface area contributed by atoms with E-state index in [1.165, 1.54) is 16.7 Å². The Hall–Kier alpha value is -1.61. The van der Waals surface area contributed by atoms with Crippen molar-refractivity contribution >= 4 is 0 Å². The first-order valence-corrected chi connectivity index (χ1v) is 7.32. The molecule has 0 fully saturated rings. The number of nitrogens with zero attached hydrogens (tertiary/aromatic N) is 2. The smallest absolute Gasteiger partial charge is 0.0953 e. The van der Waals surface area contributed by atoms with Crippen LogP contribution in [0.4, 0.5) is 0 Å². The molecule has 0 saturated carbocycles. The molecule has 0 saturated heterocycles. The molecule has 0 amide bonds. The van der Waals surface area contributed by atoms with E-state index in [0.717, 1.165) is 25.3 Å². The highest BCUT2D eigenvalue weighted by Gasteiger charge is 2.03. The lowest BCUT2D eigenvalue weighted by Gasteiger charge is -2.08. The summed E-state index contributed by atoms with van der Waals surface area (Å²) < 4.78 is 2.16. The molecule has 3 nitrogen and oxygen atoms in total. The molecule has 0 spiro atoms. The van der Waals surface area contributed by atoms with E-state index in [9.17, 15) is 0 Å². The first kappa shape index (κ1) is 14.8. The van der Waals surface area contributed by atoms with Crippen molar-refractivity contribution < 1.29 is 0 Å². The van der Waals surface area contributed by atoms with Crippen molar-refractivity contribution in [1.29, 1.82) is 0 Å². The molecule has 2 rings (SSSR count). The Morgan fingerprint density at radius 2 is 2.05 bits per heavy atom. The molecule has 1 heterocycles.